The maximum absolute atomic E-state index is 13.2. The van der Waals surface area contributed by atoms with Crippen LogP contribution in [0, 0.1) is 0 Å². The predicted octanol–water partition coefficient (Wildman–Crippen LogP) is 3.38. The van der Waals surface area contributed by atoms with Gasteiger partial charge in [-0.15, -0.1) is 6.58 Å². The monoisotopic (exact) mass is 440 g/mol. The van der Waals surface area contributed by atoms with Gasteiger partial charge in [-0.2, -0.15) is 9.78 Å². The van der Waals surface area contributed by atoms with Gasteiger partial charge in [-0.1, -0.05) is 18.2 Å². The smallest absolute Gasteiger partial charge is 0.265 e. The molecule has 0 bridgehead atoms. The number of allylic oxidation sites excluding steroid dienone is 1. The lowest BCUT2D eigenvalue weighted by atomic mass is 10.2. The molecule has 0 saturated carbocycles. The van der Waals surface area contributed by atoms with E-state index in [0.717, 1.165) is 5.56 Å². The van der Waals surface area contributed by atoms with Gasteiger partial charge in [0, 0.05) is 6.54 Å². The second kappa shape index (κ2) is 8.19. The molecule has 0 aliphatic carbocycles. The first-order valence-electron chi connectivity index (χ1n) is 10.2. The maximum Gasteiger partial charge on any atom is 0.265 e. The Morgan fingerprint density at radius 3 is 2.52 bits per heavy atom. The fraction of sp³-hybridized carbons (Fsp3) is 0.125. The maximum atomic E-state index is 13.2. The summed E-state index contributed by atoms with van der Waals surface area (Å²) in [7, 11) is 3.15. The van der Waals surface area contributed by atoms with Gasteiger partial charge < -0.3 is 9.47 Å². The van der Waals surface area contributed by atoms with Crippen LogP contribution in [0.2, 0.25) is 0 Å². The molecular formula is C24H20N6O3. The Kier molecular flexibility index (Phi) is 5.06. The van der Waals surface area contributed by atoms with E-state index < -0.39 is 0 Å². The number of hydrogen-bond donors (Lipinski definition) is 0. The molecule has 0 N–H and O–H groups in total. The average molecular weight is 440 g/mol. The van der Waals surface area contributed by atoms with Gasteiger partial charge in [0.25, 0.3) is 5.56 Å². The number of rotatable bonds is 6. The third-order valence-corrected chi connectivity index (χ3v) is 5.26. The van der Waals surface area contributed by atoms with E-state index in [4.69, 9.17) is 19.4 Å². The van der Waals surface area contributed by atoms with Gasteiger partial charge in [0.2, 0.25) is 0 Å². The summed E-state index contributed by atoms with van der Waals surface area (Å²) in [5.74, 6) is 1.20. The van der Waals surface area contributed by atoms with Crippen LogP contribution in [0.4, 0.5) is 0 Å². The Balaban J connectivity index is 1.77. The molecule has 5 aromatic rings. The third-order valence-electron chi connectivity index (χ3n) is 5.26. The first-order chi connectivity index (χ1) is 16.1. The van der Waals surface area contributed by atoms with Gasteiger partial charge in [0.15, 0.2) is 22.8 Å². The highest BCUT2D eigenvalue weighted by Gasteiger charge is 2.19. The van der Waals surface area contributed by atoms with Crippen molar-refractivity contribution in [3.63, 3.8) is 0 Å². The van der Waals surface area contributed by atoms with Crippen molar-refractivity contribution in [2.75, 3.05) is 14.2 Å². The van der Waals surface area contributed by atoms with E-state index in [1.54, 1.807) is 37.3 Å². The summed E-state index contributed by atoms with van der Waals surface area (Å²) in [5.41, 5.74) is 3.20. The number of nitrogens with zero attached hydrogens (tertiary/aromatic N) is 6. The molecule has 0 radical (unpaired) electrons. The van der Waals surface area contributed by atoms with E-state index in [2.05, 4.69) is 16.7 Å². The molecule has 5 rings (SSSR count). The normalized spacial score (nSPS) is 11.6. The molecule has 3 aromatic heterocycles. The van der Waals surface area contributed by atoms with Gasteiger partial charge in [-0.25, -0.2) is 15.0 Å². The molecule has 164 valence electrons. The molecule has 0 amide bonds. The number of benzene rings is 2. The zero-order valence-electron chi connectivity index (χ0n) is 18.1. The van der Waals surface area contributed by atoms with Crippen molar-refractivity contribution in [1.82, 2.24) is 24.2 Å². The molecule has 0 fully saturated rings. The standard InChI is InChI=1S/C24H20N6O3/c1-4-11-29-14-25-22-20(24(29)31)21-23(28-17-8-6-5-7-16(17)27-21)30(22)26-13-15-9-10-18(32-2)19(12-15)33-3/h4-10,12-14H,1,11H2,2-3H3/b26-13+. The van der Waals surface area contributed by atoms with Crippen LogP contribution in [0.1, 0.15) is 5.56 Å². The van der Waals surface area contributed by atoms with Crippen LogP contribution < -0.4 is 15.0 Å². The van der Waals surface area contributed by atoms with Crippen molar-refractivity contribution in [2.45, 2.75) is 6.54 Å². The molecule has 0 aliphatic heterocycles. The Hall–Kier alpha value is -4.53. The molecule has 9 heteroatoms. The average Bonchev–Trinajstić information content (AvgIpc) is 3.15. The second-order valence-electron chi connectivity index (χ2n) is 7.24. The number of fused-ring (bicyclic) bond motifs is 4. The van der Waals surface area contributed by atoms with E-state index in [9.17, 15) is 4.79 Å². The van der Waals surface area contributed by atoms with Crippen LogP contribution in [-0.4, -0.2) is 44.6 Å². The van der Waals surface area contributed by atoms with Crippen LogP contribution in [0.5, 0.6) is 11.5 Å². The largest absolute Gasteiger partial charge is 0.493 e. The quantitative estimate of drug-likeness (QED) is 0.297. The summed E-state index contributed by atoms with van der Waals surface area (Å²) in [6, 6.07) is 12.9. The van der Waals surface area contributed by atoms with Crippen molar-refractivity contribution in [2.24, 2.45) is 5.10 Å². The molecule has 3 heterocycles. The lowest BCUT2D eigenvalue weighted by Gasteiger charge is -2.07. The van der Waals surface area contributed by atoms with Gasteiger partial charge in [-0.3, -0.25) is 9.36 Å². The third kappa shape index (κ3) is 3.39. The highest BCUT2D eigenvalue weighted by Crippen LogP contribution is 2.28. The molecule has 0 spiro atoms. The molecule has 0 aliphatic rings. The van der Waals surface area contributed by atoms with Crippen molar-refractivity contribution in [3.05, 3.63) is 77.4 Å². The zero-order chi connectivity index (χ0) is 22.9. The summed E-state index contributed by atoms with van der Waals surface area (Å²) < 4.78 is 13.7. The Morgan fingerprint density at radius 2 is 1.79 bits per heavy atom. The first-order valence-corrected chi connectivity index (χ1v) is 10.2. The van der Waals surface area contributed by atoms with Crippen LogP contribution in [-0.2, 0) is 6.54 Å². The number of ether oxygens (including phenoxy) is 2. The molecule has 0 atom stereocenters. The van der Waals surface area contributed by atoms with Gasteiger partial charge in [0.1, 0.15) is 17.2 Å². The Bertz CT molecular complexity index is 1620. The van der Waals surface area contributed by atoms with Crippen LogP contribution in [0.3, 0.4) is 0 Å². The summed E-state index contributed by atoms with van der Waals surface area (Å²) >= 11 is 0. The number of aromatic nitrogens is 5. The molecular weight excluding hydrogens is 420 g/mol. The number of methoxy groups -OCH3 is 2. The fourth-order valence-corrected chi connectivity index (χ4v) is 3.69. The zero-order valence-corrected chi connectivity index (χ0v) is 18.1. The van der Waals surface area contributed by atoms with Crippen LogP contribution in [0.25, 0.3) is 33.2 Å². The SMILES string of the molecule is C=CCn1cnc2c(c1=O)c1nc3ccccc3nc1n2/N=C/c1ccc(OC)c(OC)c1. The van der Waals surface area contributed by atoms with Crippen LogP contribution >= 0.6 is 0 Å². The van der Waals surface area contributed by atoms with E-state index in [1.807, 2.05) is 36.4 Å². The minimum atomic E-state index is -0.227. The topological polar surface area (TPSA) is 96.4 Å². The van der Waals surface area contributed by atoms with Crippen molar-refractivity contribution in [3.8, 4) is 11.5 Å². The summed E-state index contributed by atoms with van der Waals surface area (Å²) in [4.78, 5) is 27.2. The first kappa shape index (κ1) is 20.4. The van der Waals surface area contributed by atoms with Crippen molar-refractivity contribution >= 4 is 39.4 Å². The molecule has 0 unspecified atom stereocenters. The summed E-state index contributed by atoms with van der Waals surface area (Å²) in [5, 5.41) is 4.97. The lowest BCUT2D eigenvalue weighted by molar-refractivity contribution is 0.355. The van der Waals surface area contributed by atoms with Gasteiger partial charge >= 0.3 is 0 Å². The van der Waals surface area contributed by atoms with E-state index in [0.29, 0.717) is 51.3 Å². The highest BCUT2D eigenvalue weighted by molar-refractivity contribution is 6.04. The van der Waals surface area contributed by atoms with Crippen molar-refractivity contribution in [1.29, 1.82) is 0 Å². The summed E-state index contributed by atoms with van der Waals surface area (Å²) in [6.45, 7) is 4.05. The fourth-order valence-electron chi connectivity index (χ4n) is 3.69. The summed E-state index contributed by atoms with van der Waals surface area (Å²) in [6.07, 6.45) is 4.77. The Morgan fingerprint density at radius 1 is 1.03 bits per heavy atom. The van der Waals surface area contributed by atoms with Gasteiger partial charge in [-0.05, 0) is 35.9 Å². The minimum Gasteiger partial charge on any atom is -0.493 e. The minimum absolute atomic E-state index is 0.227. The number of para-hydroxylation sites is 2. The lowest BCUT2D eigenvalue weighted by Crippen LogP contribution is -2.19. The molecule has 33 heavy (non-hydrogen) atoms. The highest BCUT2D eigenvalue weighted by atomic mass is 16.5. The predicted molar refractivity (Wildman–Crippen MR) is 127 cm³/mol. The Labute approximate surface area is 188 Å². The van der Waals surface area contributed by atoms with E-state index in [-0.39, 0.29) is 5.56 Å². The van der Waals surface area contributed by atoms with E-state index >= 15 is 0 Å². The molecule has 2 aromatic carbocycles. The van der Waals surface area contributed by atoms with Crippen LogP contribution in [0.15, 0.2) is 71.3 Å². The number of hydrogen-bond acceptors (Lipinski definition) is 7. The molecule has 9 nitrogen and oxygen atoms in total. The van der Waals surface area contributed by atoms with Crippen molar-refractivity contribution < 1.29 is 9.47 Å². The van der Waals surface area contributed by atoms with Gasteiger partial charge in [0.05, 0.1) is 31.5 Å². The van der Waals surface area contributed by atoms with E-state index in [1.165, 1.54) is 10.9 Å². The second-order valence-corrected chi connectivity index (χ2v) is 7.24. The molecule has 0 saturated heterocycles.